The molecule has 1 aliphatic rings. The number of ether oxygens (including phenoxy) is 1. The minimum absolute atomic E-state index is 0.0212. The smallest absolute Gasteiger partial charge is 0.109 e. The summed E-state index contributed by atoms with van der Waals surface area (Å²) in [6.07, 6.45) is 0.801. The van der Waals surface area contributed by atoms with Crippen molar-refractivity contribution in [1.82, 2.24) is 0 Å². The van der Waals surface area contributed by atoms with Crippen LogP contribution < -0.4 is 0 Å². The lowest BCUT2D eigenvalue weighted by molar-refractivity contribution is 0.0350. The van der Waals surface area contributed by atoms with E-state index in [9.17, 15) is 0 Å². The molecule has 1 fully saturated rings. The van der Waals surface area contributed by atoms with Crippen LogP contribution in [0.25, 0.3) is 0 Å². The SMILES string of the molecule is [B]C1OC(CO)CC1(C)C. The first-order valence-electron chi connectivity index (χ1n) is 3.58. The highest BCUT2D eigenvalue weighted by Gasteiger charge is 2.37. The van der Waals surface area contributed by atoms with Gasteiger partial charge in [-0.3, -0.25) is 0 Å². The molecule has 1 N–H and O–H groups in total. The van der Waals surface area contributed by atoms with Crippen molar-refractivity contribution in [2.24, 2.45) is 5.41 Å². The molecule has 3 heteroatoms. The van der Waals surface area contributed by atoms with Gasteiger partial charge >= 0.3 is 0 Å². The van der Waals surface area contributed by atoms with E-state index < -0.39 is 0 Å². The summed E-state index contributed by atoms with van der Waals surface area (Å²) in [5, 5.41) is 8.74. The zero-order chi connectivity index (χ0) is 7.78. The monoisotopic (exact) mass is 140 g/mol. The lowest BCUT2D eigenvalue weighted by Gasteiger charge is -2.20. The highest BCUT2D eigenvalue weighted by Crippen LogP contribution is 2.35. The quantitative estimate of drug-likeness (QED) is 0.530. The molecule has 2 radical (unpaired) electrons. The first-order chi connectivity index (χ1) is 4.56. The van der Waals surface area contributed by atoms with Crippen molar-refractivity contribution in [3.05, 3.63) is 0 Å². The van der Waals surface area contributed by atoms with Crippen molar-refractivity contribution < 1.29 is 9.84 Å². The van der Waals surface area contributed by atoms with Crippen LogP contribution in [0.2, 0.25) is 0 Å². The maximum Gasteiger partial charge on any atom is 0.109 e. The molecule has 2 nitrogen and oxygen atoms in total. The van der Waals surface area contributed by atoms with Crippen LogP contribution in [-0.2, 0) is 4.74 Å². The van der Waals surface area contributed by atoms with E-state index in [0.29, 0.717) is 0 Å². The average Bonchev–Trinajstić information content (AvgIpc) is 2.08. The van der Waals surface area contributed by atoms with Gasteiger partial charge in [-0.05, 0) is 11.8 Å². The van der Waals surface area contributed by atoms with E-state index in [0.717, 1.165) is 6.42 Å². The summed E-state index contributed by atoms with van der Waals surface area (Å²) in [5.74, 6) is 0. The Morgan fingerprint density at radius 3 is 2.50 bits per heavy atom. The molecule has 0 saturated carbocycles. The molecule has 1 aliphatic heterocycles. The summed E-state index contributed by atoms with van der Waals surface area (Å²) < 4.78 is 5.25. The molecule has 10 heavy (non-hydrogen) atoms. The summed E-state index contributed by atoms with van der Waals surface area (Å²) in [5.41, 5.74) is 0.0212. The van der Waals surface area contributed by atoms with Gasteiger partial charge in [-0.15, -0.1) is 0 Å². The van der Waals surface area contributed by atoms with Crippen LogP contribution in [-0.4, -0.2) is 31.7 Å². The van der Waals surface area contributed by atoms with Crippen molar-refractivity contribution in [3.8, 4) is 0 Å². The van der Waals surface area contributed by atoms with Gasteiger partial charge in [0, 0.05) is 6.00 Å². The Labute approximate surface area is 63.0 Å². The average molecular weight is 140 g/mol. The van der Waals surface area contributed by atoms with E-state index in [1.165, 1.54) is 0 Å². The van der Waals surface area contributed by atoms with E-state index >= 15 is 0 Å². The van der Waals surface area contributed by atoms with Gasteiger partial charge in [0.25, 0.3) is 0 Å². The van der Waals surface area contributed by atoms with Crippen LogP contribution in [0.1, 0.15) is 20.3 Å². The first-order valence-corrected chi connectivity index (χ1v) is 3.58. The van der Waals surface area contributed by atoms with E-state index in [-0.39, 0.29) is 24.1 Å². The van der Waals surface area contributed by atoms with Crippen LogP contribution in [0.5, 0.6) is 0 Å². The minimum atomic E-state index is -0.218. The Kier molecular flexibility index (Phi) is 2.06. The third kappa shape index (κ3) is 1.35. The van der Waals surface area contributed by atoms with Gasteiger partial charge in [0.15, 0.2) is 0 Å². The fourth-order valence-corrected chi connectivity index (χ4v) is 1.25. The van der Waals surface area contributed by atoms with Crippen molar-refractivity contribution >= 4 is 7.85 Å². The van der Waals surface area contributed by atoms with Crippen LogP contribution in [0, 0.1) is 5.41 Å². The van der Waals surface area contributed by atoms with Crippen LogP contribution in [0.3, 0.4) is 0 Å². The number of hydrogen-bond acceptors (Lipinski definition) is 2. The lowest BCUT2D eigenvalue weighted by Crippen LogP contribution is -2.23. The molecule has 0 aromatic heterocycles. The maximum atomic E-state index is 8.74. The molecular weight excluding hydrogens is 127 g/mol. The van der Waals surface area contributed by atoms with E-state index in [1.807, 2.05) is 13.8 Å². The van der Waals surface area contributed by atoms with Gasteiger partial charge in [-0.1, -0.05) is 13.8 Å². The molecular formula is C7H13BO2. The summed E-state index contributed by atoms with van der Waals surface area (Å²) in [6, 6.07) is -0.218. The zero-order valence-corrected chi connectivity index (χ0v) is 6.50. The molecule has 0 aliphatic carbocycles. The maximum absolute atomic E-state index is 8.74. The molecule has 0 aromatic carbocycles. The molecule has 2 unspecified atom stereocenters. The summed E-state index contributed by atoms with van der Waals surface area (Å²) in [7, 11) is 5.65. The number of hydrogen-bond donors (Lipinski definition) is 1. The predicted octanol–water partition coefficient (Wildman–Crippen LogP) is 0.288. The topological polar surface area (TPSA) is 29.5 Å². The molecule has 1 saturated heterocycles. The molecule has 0 bridgehead atoms. The second-order valence-electron chi connectivity index (χ2n) is 3.55. The van der Waals surface area contributed by atoms with Gasteiger partial charge < -0.3 is 9.84 Å². The first kappa shape index (κ1) is 8.09. The van der Waals surface area contributed by atoms with Gasteiger partial charge in [0.1, 0.15) is 7.85 Å². The number of rotatable bonds is 1. The van der Waals surface area contributed by atoms with Crippen molar-refractivity contribution in [2.45, 2.75) is 32.4 Å². The molecule has 0 spiro atoms. The second kappa shape index (κ2) is 2.55. The Hall–Kier alpha value is -0.0151. The molecule has 1 heterocycles. The minimum Gasteiger partial charge on any atom is -0.394 e. The number of aliphatic hydroxyl groups is 1. The molecule has 0 aromatic rings. The van der Waals surface area contributed by atoms with Gasteiger partial charge in [0.2, 0.25) is 0 Å². The Morgan fingerprint density at radius 2 is 2.30 bits per heavy atom. The third-order valence-electron chi connectivity index (χ3n) is 2.07. The lowest BCUT2D eigenvalue weighted by atomic mass is 9.75. The largest absolute Gasteiger partial charge is 0.394 e. The van der Waals surface area contributed by atoms with Gasteiger partial charge in [0.05, 0.1) is 12.7 Å². The van der Waals surface area contributed by atoms with Gasteiger partial charge in [-0.25, -0.2) is 0 Å². The highest BCUT2D eigenvalue weighted by molar-refractivity contribution is 6.11. The fraction of sp³-hybridized carbons (Fsp3) is 1.00. The van der Waals surface area contributed by atoms with Crippen LogP contribution in [0.4, 0.5) is 0 Å². The number of aliphatic hydroxyl groups excluding tert-OH is 1. The Balaban J connectivity index is 2.53. The zero-order valence-electron chi connectivity index (χ0n) is 6.50. The summed E-state index contributed by atoms with van der Waals surface area (Å²) in [4.78, 5) is 0. The summed E-state index contributed by atoms with van der Waals surface area (Å²) in [6.45, 7) is 4.18. The van der Waals surface area contributed by atoms with E-state index in [2.05, 4.69) is 0 Å². The molecule has 0 amide bonds. The predicted molar refractivity (Wildman–Crippen MR) is 39.9 cm³/mol. The van der Waals surface area contributed by atoms with Crippen LogP contribution in [0.15, 0.2) is 0 Å². The fourth-order valence-electron chi connectivity index (χ4n) is 1.25. The second-order valence-corrected chi connectivity index (χ2v) is 3.55. The van der Waals surface area contributed by atoms with E-state index in [1.54, 1.807) is 0 Å². The Bertz CT molecular complexity index is 125. The standard InChI is InChI=1S/C7H13BO2/c1-7(2)3-5(4-9)10-6(7)8/h5-6,9H,3-4H2,1-2H3. The highest BCUT2D eigenvalue weighted by atomic mass is 16.5. The van der Waals surface area contributed by atoms with Crippen molar-refractivity contribution in [2.75, 3.05) is 6.61 Å². The summed E-state index contributed by atoms with van der Waals surface area (Å²) >= 11 is 0. The normalized spacial score (nSPS) is 38.3. The van der Waals surface area contributed by atoms with E-state index in [4.69, 9.17) is 17.7 Å². The molecule has 56 valence electrons. The van der Waals surface area contributed by atoms with Crippen molar-refractivity contribution in [1.29, 1.82) is 0 Å². The van der Waals surface area contributed by atoms with Crippen LogP contribution >= 0.6 is 0 Å². The van der Waals surface area contributed by atoms with Crippen molar-refractivity contribution in [3.63, 3.8) is 0 Å². The Morgan fingerprint density at radius 1 is 1.70 bits per heavy atom. The third-order valence-corrected chi connectivity index (χ3v) is 2.07. The van der Waals surface area contributed by atoms with Gasteiger partial charge in [-0.2, -0.15) is 0 Å². The molecule has 2 atom stereocenters. The molecule has 1 rings (SSSR count).